The number of urea groups is 1. The SMILES string of the molecule is O=C(NCCc1nnc(-c2ccncc2)o1)Nc1ccccc1. The number of amides is 2. The van der Waals surface area contributed by atoms with Crippen LogP contribution in [0.15, 0.2) is 59.3 Å². The number of anilines is 1. The van der Waals surface area contributed by atoms with Crippen LogP contribution in [-0.2, 0) is 6.42 Å². The summed E-state index contributed by atoms with van der Waals surface area (Å²) >= 11 is 0. The molecular weight excluding hydrogens is 294 g/mol. The molecule has 23 heavy (non-hydrogen) atoms. The molecule has 3 rings (SSSR count). The molecule has 0 saturated heterocycles. The van der Waals surface area contributed by atoms with Crippen LogP contribution >= 0.6 is 0 Å². The summed E-state index contributed by atoms with van der Waals surface area (Å²) in [7, 11) is 0. The lowest BCUT2D eigenvalue weighted by molar-refractivity contribution is 0.252. The smallest absolute Gasteiger partial charge is 0.319 e. The molecule has 7 nitrogen and oxygen atoms in total. The topological polar surface area (TPSA) is 92.9 Å². The third kappa shape index (κ3) is 4.13. The maximum absolute atomic E-state index is 11.7. The van der Waals surface area contributed by atoms with E-state index in [1.54, 1.807) is 24.5 Å². The molecule has 0 aliphatic heterocycles. The average molecular weight is 309 g/mol. The highest BCUT2D eigenvalue weighted by molar-refractivity contribution is 5.89. The van der Waals surface area contributed by atoms with Crippen molar-refractivity contribution in [2.24, 2.45) is 0 Å². The van der Waals surface area contributed by atoms with Gasteiger partial charge in [-0.2, -0.15) is 0 Å². The van der Waals surface area contributed by atoms with Gasteiger partial charge in [-0.15, -0.1) is 10.2 Å². The number of para-hydroxylation sites is 1. The van der Waals surface area contributed by atoms with Gasteiger partial charge in [0, 0.05) is 36.6 Å². The minimum Gasteiger partial charge on any atom is -0.421 e. The van der Waals surface area contributed by atoms with Crippen LogP contribution in [0.25, 0.3) is 11.5 Å². The third-order valence-electron chi connectivity index (χ3n) is 3.05. The standard InChI is InChI=1S/C16H15N5O2/c22-16(19-13-4-2-1-3-5-13)18-11-8-14-20-21-15(23-14)12-6-9-17-10-7-12/h1-7,9-10H,8,11H2,(H2,18,19,22). The Morgan fingerprint density at radius 3 is 2.61 bits per heavy atom. The van der Waals surface area contributed by atoms with E-state index in [-0.39, 0.29) is 6.03 Å². The first-order valence-corrected chi connectivity index (χ1v) is 7.14. The van der Waals surface area contributed by atoms with E-state index in [4.69, 9.17) is 4.42 Å². The molecule has 2 N–H and O–H groups in total. The monoisotopic (exact) mass is 309 g/mol. The number of rotatable bonds is 5. The molecule has 2 aromatic heterocycles. The lowest BCUT2D eigenvalue weighted by Gasteiger charge is -2.05. The molecular formula is C16H15N5O2. The van der Waals surface area contributed by atoms with Crippen LogP contribution in [0.2, 0.25) is 0 Å². The van der Waals surface area contributed by atoms with E-state index in [0.29, 0.717) is 24.7 Å². The van der Waals surface area contributed by atoms with Crippen LogP contribution in [0.1, 0.15) is 5.89 Å². The number of hydrogen-bond donors (Lipinski definition) is 2. The van der Waals surface area contributed by atoms with Gasteiger partial charge in [-0.25, -0.2) is 4.79 Å². The molecule has 0 aliphatic carbocycles. The fourth-order valence-electron chi connectivity index (χ4n) is 1.95. The lowest BCUT2D eigenvalue weighted by atomic mass is 10.3. The highest BCUT2D eigenvalue weighted by Crippen LogP contribution is 2.16. The largest absolute Gasteiger partial charge is 0.421 e. The summed E-state index contributed by atoms with van der Waals surface area (Å²) in [6.45, 7) is 0.399. The molecule has 3 aromatic rings. The first kappa shape index (κ1) is 14.7. The Bertz CT molecular complexity index is 758. The van der Waals surface area contributed by atoms with Crippen LogP contribution in [0.5, 0.6) is 0 Å². The molecule has 0 atom stereocenters. The number of benzene rings is 1. The molecule has 0 aliphatic rings. The van der Waals surface area contributed by atoms with E-state index in [9.17, 15) is 4.79 Å². The predicted octanol–water partition coefficient (Wildman–Crippen LogP) is 2.50. The van der Waals surface area contributed by atoms with E-state index in [1.165, 1.54) is 0 Å². The second kappa shape index (κ2) is 7.17. The van der Waals surface area contributed by atoms with Gasteiger partial charge in [-0.1, -0.05) is 18.2 Å². The fraction of sp³-hybridized carbons (Fsp3) is 0.125. The number of nitrogens with zero attached hydrogens (tertiary/aromatic N) is 3. The van der Waals surface area contributed by atoms with Crippen molar-refractivity contribution in [3.8, 4) is 11.5 Å². The molecule has 0 radical (unpaired) electrons. The van der Waals surface area contributed by atoms with Crippen molar-refractivity contribution in [2.75, 3.05) is 11.9 Å². The van der Waals surface area contributed by atoms with Crippen LogP contribution in [0, 0.1) is 0 Å². The van der Waals surface area contributed by atoms with Gasteiger partial charge in [-0.05, 0) is 24.3 Å². The Hall–Kier alpha value is -3.22. The van der Waals surface area contributed by atoms with Gasteiger partial charge >= 0.3 is 6.03 Å². The normalized spacial score (nSPS) is 10.3. The van der Waals surface area contributed by atoms with Crippen LogP contribution in [-0.4, -0.2) is 27.8 Å². The Balaban J connectivity index is 1.48. The van der Waals surface area contributed by atoms with E-state index in [0.717, 1.165) is 11.3 Å². The van der Waals surface area contributed by atoms with Gasteiger partial charge in [0.25, 0.3) is 0 Å². The quantitative estimate of drug-likeness (QED) is 0.755. The zero-order valence-corrected chi connectivity index (χ0v) is 12.3. The summed E-state index contributed by atoms with van der Waals surface area (Å²) in [6.07, 6.45) is 3.78. The maximum atomic E-state index is 11.7. The second-order valence-electron chi connectivity index (χ2n) is 4.73. The van der Waals surface area contributed by atoms with E-state index >= 15 is 0 Å². The van der Waals surface area contributed by atoms with Crippen molar-refractivity contribution in [2.45, 2.75) is 6.42 Å². The number of pyridine rings is 1. The number of carbonyl (C=O) groups is 1. The molecule has 0 bridgehead atoms. The van der Waals surface area contributed by atoms with E-state index in [2.05, 4.69) is 25.8 Å². The molecule has 116 valence electrons. The average Bonchev–Trinajstić information content (AvgIpc) is 3.05. The van der Waals surface area contributed by atoms with Crippen LogP contribution in [0.3, 0.4) is 0 Å². The van der Waals surface area contributed by atoms with Crippen molar-refractivity contribution in [1.82, 2.24) is 20.5 Å². The van der Waals surface area contributed by atoms with Crippen molar-refractivity contribution >= 4 is 11.7 Å². The highest BCUT2D eigenvalue weighted by atomic mass is 16.4. The van der Waals surface area contributed by atoms with Crippen molar-refractivity contribution < 1.29 is 9.21 Å². The molecule has 2 amide bonds. The van der Waals surface area contributed by atoms with Crippen LogP contribution in [0.4, 0.5) is 10.5 Å². The Morgan fingerprint density at radius 2 is 1.83 bits per heavy atom. The Morgan fingerprint density at radius 1 is 1.04 bits per heavy atom. The Labute approximate surface area is 132 Å². The lowest BCUT2D eigenvalue weighted by Crippen LogP contribution is -2.30. The summed E-state index contributed by atoms with van der Waals surface area (Å²) in [5.74, 6) is 0.910. The van der Waals surface area contributed by atoms with Crippen molar-refractivity contribution in [1.29, 1.82) is 0 Å². The Kier molecular flexibility index (Phi) is 4.58. The van der Waals surface area contributed by atoms with Crippen LogP contribution < -0.4 is 10.6 Å². The van der Waals surface area contributed by atoms with Gasteiger partial charge in [0.15, 0.2) is 0 Å². The van der Waals surface area contributed by atoms with Crippen molar-refractivity contribution in [3.05, 3.63) is 60.7 Å². The number of nitrogens with one attached hydrogen (secondary N) is 2. The van der Waals surface area contributed by atoms with Crippen molar-refractivity contribution in [3.63, 3.8) is 0 Å². The molecule has 0 spiro atoms. The number of hydrogen-bond acceptors (Lipinski definition) is 5. The number of carbonyl (C=O) groups excluding carboxylic acids is 1. The summed E-state index contributed by atoms with van der Waals surface area (Å²) in [4.78, 5) is 15.7. The molecule has 0 unspecified atom stereocenters. The minimum absolute atomic E-state index is 0.273. The zero-order valence-electron chi connectivity index (χ0n) is 12.3. The molecule has 0 fully saturated rings. The summed E-state index contributed by atoms with van der Waals surface area (Å²) in [6, 6.07) is 12.6. The van der Waals surface area contributed by atoms with Gasteiger partial charge in [-0.3, -0.25) is 4.98 Å². The second-order valence-corrected chi connectivity index (χ2v) is 4.73. The number of aromatic nitrogens is 3. The molecule has 2 heterocycles. The first-order chi connectivity index (χ1) is 11.3. The molecule has 7 heteroatoms. The van der Waals surface area contributed by atoms with Gasteiger partial charge in [0.05, 0.1) is 0 Å². The summed E-state index contributed by atoms with van der Waals surface area (Å²) in [5, 5.41) is 13.4. The first-order valence-electron chi connectivity index (χ1n) is 7.14. The third-order valence-corrected chi connectivity index (χ3v) is 3.05. The predicted molar refractivity (Wildman–Crippen MR) is 84.7 cm³/mol. The fourth-order valence-corrected chi connectivity index (χ4v) is 1.95. The van der Waals surface area contributed by atoms with E-state index < -0.39 is 0 Å². The molecule has 1 aromatic carbocycles. The van der Waals surface area contributed by atoms with Gasteiger partial charge < -0.3 is 15.1 Å². The van der Waals surface area contributed by atoms with E-state index in [1.807, 2.05) is 30.3 Å². The minimum atomic E-state index is -0.273. The van der Waals surface area contributed by atoms with Gasteiger partial charge in [0.2, 0.25) is 11.8 Å². The highest BCUT2D eigenvalue weighted by Gasteiger charge is 2.08. The maximum Gasteiger partial charge on any atom is 0.319 e. The molecule has 0 saturated carbocycles. The summed E-state index contributed by atoms with van der Waals surface area (Å²) in [5.41, 5.74) is 1.55. The zero-order chi connectivity index (χ0) is 15.9. The van der Waals surface area contributed by atoms with Gasteiger partial charge in [0.1, 0.15) is 0 Å². The summed E-state index contributed by atoms with van der Waals surface area (Å²) < 4.78 is 5.55.